The second kappa shape index (κ2) is 6.56. The smallest absolute Gasteiger partial charge is 0.0791 e. The highest BCUT2D eigenvalue weighted by Gasteiger charge is 2.23. The Balaban J connectivity index is 1.50. The number of likely N-dealkylation sites (tertiary alicyclic amines) is 1. The van der Waals surface area contributed by atoms with E-state index in [0.29, 0.717) is 12.6 Å². The van der Waals surface area contributed by atoms with E-state index in [4.69, 9.17) is 0 Å². The van der Waals surface area contributed by atoms with E-state index in [1.807, 2.05) is 0 Å². The van der Waals surface area contributed by atoms with Crippen molar-refractivity contribution in [3.05, 3.63) is 33.8 Å². The van der Waals surface area contributed by atoms with Crippen LogP contribution in [0.1, 0.15) is 36.4 Å². The molecule has 0 bridgehead atoms. The average molecular weight is 339 g/mol. The summed E-state index contributed by atoms with van der Waals surface area (Å²) in [5.74, 6) is 0. The molecule has 1 heterocycles. The van der Waals surface area contributed by atoms with Gasteiger partial charge in [-0.1, -0.05) is 22.0 Å². The van der Waals surface area contributed by atoms with E-state index in [1.54, 1.807) is 0 Å². The molecule has 0 radical (unpaired) electrons. The summed E-state index contributed by atoms with van der Waals surface area (Å²) in [5.41, 5.74) is 2.84. The molecule has 20 heavy (non-hydrogen) atoms. The number of benzene rings is 1. The summed E-state index contributed by atoms with van der Waals surface area (Å²) in [4.78, 5) is 2.37. The maximum absolute atomic E-state index is 10.2. The van der Waals surface area contributed by atoms with Gasteiger partial charge in [0.2, 0.25) is 0 Å². The van der Waals surface area contributed by atoms with Gasteiger partial charge in [-0.25, -0.2) is 0 Å². The number of halogens is 1. The predicted octanol–water partition coefficient (Wildman–Crippen LogP) is 2.48. The number of fused-ring (bicyclic) bond motifs is 1. The Kier molecular flexibility index (Phi) is 4.76. The molecule has 4 heteroatoms. The Morgan fingerprint density at radius 3 is 2.95 bits per heavy atom. The van der Waals surface area contributed by atoms with Crippen LogP contribution in [0, 0.1) is 0 Å². The minimum atomic E-state index is -0.257. The van der Waals surface area contributed by atoms with E-state index in [0.717, 1.165) is 36.9 Å². The summed E-state index contributed by atoms with van der Waals surface area (Å²) >= 11 is 3.53. The summed E-state index contributed by atoms with van der Waals surface area (Å²) in [6.45, 7) is 3.80. The minimum Gasteiger partial charge on any atom is -0.390 e. The number of nitrogens with zero attached hydrogens (tertiary/aromatic N) is 1. The van der Waals surface area contributed by atoms with Crippen molar-refractivity contribution in [3.63, 3.8) is 0 Å². The molecule has 0 spiro atoms. The van der Waals surface area contributed by atoms with Crippen molar-refractivity contribution >= 4 is 15.9 Å². The third kappa shape index (κ3) is 3.42. The van der Waals surface area contributed by atoms with Crippen molar-refractivity contribution in [2.75, 3.05) is 26.2 Å². The van der Waals surface area contributed by atoms with Crippen LogP contribution in [-0.4, -0.2) is 42.3 Å². The summed E-state index contributed by atoms with van der Waals surface area (Å²) in [6, 6.07) is 6.94. The monoisotopic (exact) mass is 338 g/mol. The van der Waals surface area contributed by atoms with Crippen LogP contribution in [0.15, 0.2) is 22.7 Å². The zero-order valence-corrected chi connectivity index (χ0v) is 13.4. The molecule has 2 aliphatic rings. The van der Waals surface area contributed by atoms with Gasteiger partial charge in [-0.3, -0.25) is 0 Å². The van der Waals surface area contributed by atoms with Gasteiger partial charge in [-0.05, 0) is 62.0 Å². The van der Waals surface area contributed by atoms with Crippen molar-refractivity contribution in [2.45, 2.75) is 37.8 Å². The lowest BCUT2D eigenvalue weighted by molar-refractivity contribution is 0.120. The van der Waals surface area contributed by atoms with Crippen LogP contribution in [0.2, 0.25) is 0 Å². The van der Waals surface area contributed by atoms with Crippen LogP contribution >= 0.6 is 15.9 Å². The molecule has 0 saturated carbocycles. The van der Waals surface area contributed by atoms with E-state index in [2.05, 4.69) is 44.3 Å². The molecular formula is C16H23BrN2O. The molecule has 3 nitrogen and oxygen atoms in total. The normalized spacial score (nSPS) is 24.0. The molecule has 1 saturated heterocycles. The molecule has 1 fully saturated rings. The molecule has 2 atom stereocenters. The van der Waals surface area contributed by atoms with E-state index >= 15 is 0 Å². The number of rotatable bonds is 5. The van der Waals surface area contributed by atoms with Gasteiger partial charge in [0.15, 0.2) is 0 Å². The molecule has 2 N–H and O–H groups in total. The summed E-state index contributed by atoms with van der Waals surface area (Å²) in [7, 11) is 0. The van der Waals surface area contributed by atoms with Crippen LogP contribution in [0.5, 0.6) is 0 Å². The van der Waals surface area contributed by atoms with Crippen LogP contribution in [0.25, 0.3) is 0 Å². The first kappa shape index (κ1) is 14.5. The number of aliphatic hydroxyl groups is 1. The van der Waals surface area contributed by atoms with Gasteiger partial charge < -0.3 is 15.3 Å². The number of aryl methyl sites for hydroxylation is 1. The fourth-order valence-corrected chi connectivity index (χ4v) is 3.81. The molecule has 1 aliphatic heterocycles. The largest absolute Gasteiger partial charge is 0.390 e. The summed E-state index contributed by atoms with van der Waals surface area (Å²) < 4.78 is 1.16. The zero-order chi connectivity index (χ0) is 13.9. The Hall–Kier alpha value is -0.420. The molecule has 110 valence electrons. The maximum atomic E-state index is 10.2. The molecule has 3 rings (SSSR count). The number of nitrogens with one attached hydrogen (secondary N) is 1. The first-order chi connectivity index (χ1) is 9.72. The fraction of sp³-hybridized carbons (Fsp3) is 0.625. The van der Waals surface area contributed by atoms with Crippen LogP contribution in [0.3, 0.4) is 0 Å². The molecule has 0 aromatic heterocycles. The lowest BCUT2D eigenvalue weighted by atomic mass is 10.1. The number of hydrogen-bond acceptors (Lipinski definition) is 3. The van der Waals surface area contributed by atoms with Crippen molar-refractivity contribution in [1.29, 1.82) is 0 Å². The second-order valence-electron chi connectivity index (χ2n) is 6.00. The van der Waals surface area contributed by atoms with Crippen LogP contribution in [-0.2, 0) is 6.42 Å². The van der Waals surface area contributed by atoms with Crippen molar-refractivity contribution < 1.29 is 5.11 Å². The van der Waals surface area contributed by atoms with Gasteiger partial charge in [-0.15, -0.1) is 0 Å². The third-order valence-corrected chi connectivity index (χ3v) is 4.94. The highest BCUT2D eigenvalue weighted by molar-refractivity contribution is 9.10. The Bertz CT molecular complexity index is 460. The molecule has 0 amide bonds. The maximum Gasteiger partial charge on any atom is 0.0791 e. The lowest BCUT2D eigenvalue weighted by Gasteiger charge is -2.22. The highest BCUT2D eigenvalue weighted by Crippen LogP contribution is 2.32. The number of hydrogen-bond donors (Lipinski definition) is 2. The van der Waals surface area contributed by atoms with Gasteiger partial charge >= 0.3 is 0 Å². The quantitative estimate of drug-likeness (QED) is 0.865. The molecule has 1 aromatic carbocycles. The first-order valence-corrected chi connectivity index (χ1v) is 8.44. The third-order valence-electron chi connectivity index (χ3n) is 4.45. The molecule has 1 aromatic rings. The average Bonchev–Trinajstić information content (AvgIpc) is 3.05. The predicted molar refractivity (Wildman–Crippen MR) is 84.9 cm³/mol. The number of β-amino-alcohol motifs (C(OH)–C–C–N with tert-alkyl or cyclic N) is 1. The van der Waals surface area contributed by atoms with Crippen molar-refractivity contribution in [1.82, 2.24) is 10.2 Å². The topological polar surface area (TPSA) is 35.5 Å². The van der Waals surface area contributed by atoms with E-state index in [9.17, 15) is 5.11 Å². The van der Waals surface area contributed by atoms with Gasteiger partial charge in [-0.2, -0.15) is 0 Å². The molecular weight excluding hydrogens is 316 g/mol. The standard InChI is InChI=1S/C16H23BrN2O/c17-13-4-5-15-12(9-13)3-6-16(15)18-10-14(20)11-19-7-1-2-8-19/h4-5,9,14,16,18,20H,1-3,6-8,10-11H2. The Morgan fingerprint density at radius 2 is 2.15 bits per heavy atom. The van der Waals surface area contributed by atoms with E-state index < -0.39 is 0 Å². The number of aliphatic hydroxyl groups excluding tert-OH is 1. The zero-order valence-electron chi connectivity index (χ0n) is 11.8. The van der Waals surface area contributed by atoms with Gasteiger partial charge in [0.25, 0.3) is 0 Å². The van der Waals surface area contributed by atoms with Gasteiger partial charge in [0.1, 0.15) is 0 Å². The van der Waals surface area contributed by atoms with Crippen LogP contribution < -0.4 is 5.32 Å². The molecule has 1 aliphatic carbocycles. The second-order valence-corrected chi connectivity index (χ2v) is 6.92. The summed E-state index contributed by atoms with van der Waals surface area (Å²) in [6.07, 6.45) is 4.58. The van der Waals surface area contributed by atoms with Gasteiger partial charge in [0.05, 0.1) is 6.10 Å². The lowest BCUT2D eigenvalue weighted by Crippen LogP contribution is -2.38. The first-order valence-electron chi connectivity index (χ1n) is 7.64. The fourth-order valence-electron chi connectivity index (χ4n) is 3.40. The van der Waals surface area contributed by atoms with Crippen LogP contribution in [0.4, 0.5) is 0 Å². The Labute approximate surface area is 129 Å². The SMILES string of the molecule is OC(CNC1CCc2cc(Br)ccc21)CN1CCCC1. The van der Waals surface area contributed by atoms with E-state index in [1.165, 1.54) is 24.0 Å². The van der Waals surface area contributed by atoms with Crippen molar-refractivity contribution in [3.8, 4) is 0 Å². The van der Waals surface area contributed by atoms with Gasteiger partial charge in [0, 0.05) is 23.6 Å². The Morgan fingerprint density at radius 1 is 1.35 bits per heavy atom. The van der Waals surface area contributed by atoms with Crippen molar-refractivity contribution in [2.24, 2.45) is 0 Å². The minimum absolute atomic E-state index is 0.257. The highest BCUT2D eigenvalue weighted by atomic mass is 79.9. The van der Waals surface area contributed by atoms with E-state index in [-0.39, 0.29) is 6.10 Å². The molecule has 2 unspecified atom stereocenters. The summed E-state index contributed by atoms with van der Waals surface area (Å²) in [5, 5.41) is 13.7.